The summed E-state index contributed by atoms with van der Waals surface area (Å²) >= 11 is 0. The lowest BCUT2D eigenvalue weighted by molar-refractivity contribution is 0.265. The summed E-state index contributed by atoms with van der Waals surface area (Å²) in [6.45, 7) is 4.97. The van der Waals surface area contributed by atoms with Gasteiger partial charge in [-0.15, -0.1) is 0 Å². The smallest absolute Gasteiger partial charge is 0.131 e. The fourth-order valence-electron chi connectivity index (χ4n) is 4.91. The molecule has 0 amide bonds. The minimum atomic E-state index is 0.210. The summed E-state index contributed by atoms with van der Waals surface area (Å²) in [7, 11) is 0. The molecule has 0 aromatic carbocycles. The highest BCUT2D eigenvalue weighted by Crippen LogP contribution is 2.38. The Morgan fingerprint density at radius 2 is 2.14 bits per heavy atom. The molecule has 0 spiro atoms. The maximum atomic E-state index is 6.13. The molecule has 5 N–H and O–H groups in total. The summed E-state index contributed by atoms with van der Waals surface area (Å²) in [6, 6.07) is 9.76. The fraction of sp³-hybridized carbons (Fsp3) is 0.524. The molecule has 5 rings (SSSR count). The number of hydrazine groups is 1. The lowest BCUT2D eigenvalue weighted by Gasteiger charge is -2.34. The van der Waals surface area contributed by atoms with Crippen LogP contribution in [0.25, 0.3) is 0 Å². The molecule has 5 heterocycles. The van der Waals surface area contributed by atoms with Crippen molar-refractivity contribution in [1.82, 2.24) is 26.1 Å². The van der Waals surface area contributed by atoms with Gasteiger partial charge in [-0.3, -0.25) is 10.4 Å². The second kappa shape index (κ2) is 7.40. The average molecular weight is 380 g/mol. The maximum absolute atomic E-state index is 6.13. The minimum absolute atomic E-state index is 0.210. The van der Waals surface area contributed by atoms with E-state index < -0.39 is 0 Å². The summed E-state index contributed by atoms with van der Waals surface area (Å²) in [5.41, 5.74) is 16.7. The molecule has 2 aromatic rings. The number of nitrogens with zero attached hydrogens (tertiary/aromatic N) is 3. The van der Waals surface area contributed by atoms with Crippen LogP contribution in [0.5, 0.6) is 0 Å². The third kappa shape index (κ3) is 3.28. The number of pyridine rings is 2. The minimum Gasteiger partial charge on any atom is -0.355 e. The molecule has 5 atom stereocenters. The number of hydrogen-bond acceptors (Lipinski definition) is 7. The van der Waals surface area contributed by atoms with Crippen LogP contribution < -0.4 is 26.8 Å². The van der Waals surface area contributed by atoms with Gasteiger partial charge in [0.15, 0.2) is 0 Å². The van der Waals surface area contributed by atoms with Crippen LogP contribution in [0.3, 0.4) is 0 Å². The zero-order chi connectivity index (χ0) is 19.1. The number of fused-ring (bicyclic) bond motifs is 1. The van der Waals surface area contributed by atoms with Gasteiger partial charge in [-0.05, 0) is 43.0 Å². The molecule has 7 nitrogen and oxygen atoms in total. The van der Waals surface area contributed by atoms with Crippen molar-refractivity contribution in [3.8, 4) is 0 Å². The van der Waals surface area contributed by atoms with Crippen molar-refractivity contribution in [2.75, 3.05) is 24.5 Å². The van der Waals surface area contributed by atoms with E-state index in [1.54, 1.807) is 0 Å². The van der Waals surface area contributed by atoms with Crippen LogP contribution in [0, 0.1) is 12.8 Å². The highest BCUT2D eigenvalue weighted by atomic mass is 15.4. The zero-order valence-corrected chi connectivity index (χ0v) is 16.3. The van der Waals surface area contributed by atoms with Crippen LogP contribution in [0.2, 0.25) is 0 Å². The Labute approximate surface area is 166 Å². The number of nitrogens with one attached hydrogen (secondary N) is 3. The lowest BCUT2D eigenvalue weighted by atomic mass is 9.81. The molecule has 0 bridgehead atoms. The first-order chi connectivity index (χ1) is 13.7. The third-order valence-corrected chi connectivity index (χ3v) is 6.48. The molecule has 3 fully saturated rings. The van der Waals surface area contributed by atoms with Gasteiger partial charge in [-0.25, -0.2) is 10.4 Å². The van der Waals surface area contributed by atoms with Crippen molar-refractivity contribution in [1.29, 1.82) is 0 Å². The van der Waals surface area contributed by atoms with Gasteiger partial charge < -0.3 is 16.0 Å². The summed E-state index contributed by atoms with van der Waals surface area (Å²) < 4.78 is 0. The van der Waals surface area contributed by atoms with E-state index in [1.165, 1.54) is 11.1 Å². The second-order valence-electron chi connectivity index (χ2n) is 8.39. The molecule has 7 heteroatoms. The molecule has 0 aliphatic carbocycles. The lowest BCUT2D eigenvalue weighted by Crippen LogP contribution is -2.46. The topological polar surface area (TPSA) is 91.1 Å². The monoisotopic (exact) mass is 379 g/mol. The van der Waals surface area contributed by atoms with Crippen LogP contribution in [0.15, 0.2) is 36.7 Å². The molecule has 0 radical (unpaired) electrons. The fourth-order valence-corrected chi connectivity index (χ4v) is 4.91. The number of nitrogens with two attached hydrogens (primary N) is 1. The first-order valence-electron chi connectivity index (χ1n) is 10.3. The van der Waals surface area contributed by atoms with Gasteiger partial charge in [-0.1, -0.05) is 12.1 Å². The molecule has 3 aliphatic heterocycles. The van der Waals surface area contributed by atoms with E-state index in [0.29, 0.717) is 18.0 Å². The van der Waals surface area contributed by atoms with Gasteiger partial charge in [0.2, 0.25) is 0 Å². The quantitative estimate of drug-likeness (QED) is 0.637. The second-order valence-corrected chi connectivity index (χ2v) is 8.39. The normalized spacial score (nSPS) is 32.5. The molecule has 148 valence electrons. The number of piperidine rings is 1. The van der Waals surface area contributed by atoms with E-state index in [9.17, 15) is 0 Å². The zero-order valence-electron chi connectivity index (χ0n) is 16.3. The standard InChI is InChI=1S/C21H29N7/c1-13-4-5-17(25-21(13)28-8-6-15(22)12-28)20-16-9-18(14-3-2-7-23-10-14)24-11-19(16)26-27-20/h2-5,7,10,15-16,18-20,24,26-27H,6,8-9,11-12,22H2,1H3/t15-,16?,18?,19?,20?/m0/s1. The number of hydrogen-bond donors (Lipinski definition) is 4. The van der Waals surface area contributed by atoms with Crippen molar-refractivity contribution in [2.24, 2.45) is 11.7 Å². The Morgan fingerprint density at radius 1 is 1.21 bits per heavy atom. The predicted molar refractivity (Wildman–Crippen MR) is 110 cm³/mol. The molecular weight excluding hydrogens is 350 g/mol. The van der Waals surface area contributed by atoms with Crippen molar-refractivity contribution in [3.63, 3.8) is 0 Å². The number of rotatable bonds is 3. The summed E-state index contributed by atoms with van der Waals surface area (Å²) in [5, 5.41) is 3.66. The van der Waals surface area contributed by atoms with Gasteiger partial charge in [0.25, 0.3) is 0 Å². The summed E-state index contributed by atoms with van der Waals surface area (Å²) in [6.07, 6.45) is 5.90. The first-order valence-corrected chi connectivity index (χ1v) is 10.3. The van der Waals surface area contributed by atoms with E-state index in [-0.39, 0.29) is 12.1 Å². The van der Waals surface area contributed by atoms with Crippen LogP contribution in [-0.2, 0) is 0 Å². The van der Waals surface area contributed by atoms with E-state index >= 15 is 0 Å². The van der Waals surface area contributed by atoms with Crippen molar-refractivity contribution in [2.45, 2.75) is 43.9 Å². The Balaban J connectivity index is 1.39. The highest BCUT2D eigenvalue weighted by molar-refractivity contribution is 5.48. The van der Waals surface area contributed by atoms with Crippen molar-refractivity contribution >= 4 is 5.82 Å². The van der Waals surface area contributed by atoms with E-state index in [0.717, 1.165) is 44.0 Å². The largest absolute Gasteiger partial charge is 0.355 e. The molecule has 0 saturated carbocycles. The highest BCUT2D eigenvalue weighted by Gasteiger charge is 2.42. The number of aromatic nitrogens is 2. The van der Waals surface area contributed by atoms with Crippen LogP contribution >= 0.6 is 0 Å². The van der Waals surface area contributed by atoms with Crippen LogP contribution in [0.1, 0.15) is 41.7 Å². The molecule has 3 saturated heterocycles. The van der Waals surface area contributed by atoms with Gasteiger partial charge in [0.1, 0.15) is 5.82 Å². The molecule has 4 unspecified atom stereocenters. The molecular formula is C21H29N7. The van der Waals surface area contributed by atoms with E-state index in [1.807, 2.05) is 18.5 Å². The van der Waals surface area contributed by atoms with Gasteiger partial charge >= 0.3 is 0 Å². The first kappa shape index (κ1) is 18.0. The molecule has 2 aromatic heterocycles. The van der Waals surface area contributed by atoms with Crippen LogP contribution in [-0.4, -0.2) is 41.7 Å². The Bertz CT molecular complexity index is 827. The maximum Gasteiger partial charge on any atom is 0.131 e. The third-order valence-electron chi connectivity index (χ3n) is 6.48. The van der Waals surface area contributed by atoms with Crippen molar-refractivity contribution < 1.29 is 0 Å². The summed E-state index contributed by atoms with van der Waals surface area (Å²) in [4.78, 5) is 11.7. The van der Waals surface area contributed by atoms with Crippen molar-refractivity contribution in [3.05, 3.63) is 53.5 Å². The molecule has 28 heavy (non-hydrogen) atoms. The summed E-state index contributed by atoms with van der Waals surface area (Å²) in [5.74, 6) is 1.57. The van der Waals surface area contributed by atoms with Gasteiger partial charge in [0.05, 0.1) is 11.7 Å². The van der Waals surface area contributed by atoms with Gasteiger partial charge in [0, 0.05) is 56.1 Å². The Morgan fingerprint density at radius 3 is 2.93 bits per heavy atom. The van der Waals surface area contributed by atoms with Crippen LogP contribution in [0.4, 0.5) is 5.82 Å². The molecule has 3 aliphatic rings. The average Bonchev–Trinajstić information content (AvgIpc) is 3.35. The predicted octanol–water partition coefficient (Wildman–Crippen LogP) is 1.19. The SMILES string of the molecule is Cc1ccc(C2NNC3CNC(c4cccnc4)CC32)nc1N1CC[C@H](N)C1. The Hall–Kier alpha value is -2.06. The number of aryl methyl sites for hydroxylation is 1. The number of anilines is 1. The van der Waals surface area contributed by atoms with Gasteiger partial charge in [-0.2, -0.15) is 0 Å². The Kier molecular flexibility index (Phi) is 4.76. The van der Waals surface area contributed by atoms with E-state index in [2.05, 4.69) is 51.2 Å². The van der Waals surface area contributed by atoms with E-state index in [4.69, 9.17) is 10.7 Å².